The van der Waals surface area contributed by atoms with Gasteiger partial charge in [-0.1, -0.05) is 30.3 Å². The Labute approximate surface area is 104 Å². The first-order valence-electron chi connectivity index (χ1n) is 5.25. The maximum absolute atomic E-state index is 11.8. The summed E-state index contributed by atoms with van der Waals surface area (Å²) in [5.41, 5.74) is 1.48. The number of alkyl halides is 1. The molecule has 1 aromatic carbocycles. The van der Waals surface area contributed by atoms with Crippen LogP contribution in [0.25, 0.3) is 0 Å². The minimum atomic E-state index is -0.194. The summed E-state index contributed by atoms with van der Waals surface area (Å²) in [6.07, 6.45) is 2.87. The molecule has 0 bridgehead atoms. The van der Waals surface area contributed by atoms with Gasteiger partial charge < -0.3 is 9.73 Å². The maximum Gasteiger partial charge on any atom is 0.255 e. The minimum Gasteiger partial charge on any atom is -0.472 e. The highest BCUT2D eigenvalue weighted by atomic mass is 35.5. The molecule has 1 N–H and O–H groups in total. The Morgan fingerprint density at radius 3 is 2.65 bits per heavy atom. The van der Waals surface area contributed by atoms with Crippen molar-refractivity contribution in [3.8, 4) is 0 Å². The molecule has 1 aromatic heterocycles. The highest BCUT2D eigenvalue weighted by Crippen LogP contribution is 2.15. The second kappa shape index (κ2) is 5.55. The van der Waals surface area contributed by atoms with Gasteiger partial charge in [-0.3, -0.25) is 4.79 Å². The molecule has 0 aliphatic carbocycles. The average Bonchev–Trinajstić information content (AvgIpc) is 2.90. The third-order valence-electron chi connectivity index (χ3n) is 2.44. The lowest BCUT2D eigenvalue weighted by Gasteiger charge is -2.15. The molecule has 0 radical (unpaired) electrons. The van der Waals surface area contributed by atoms with Crippen LogP contribution in [0, 0.1) is 0 Å². The van der Waals surface area contributed by atoms with Gasteiger partial charge in [0.25, 0.3) is 5.91 Å². The fourth-order valence-corrected chi connectivity index (χ4v) is 1.79. The molecule has 0 aliphatic rings. The van der Waals surface area contributed by atoms with Crippen molar-refractivity contribution in [1.29, 1.82) is 0 Å². The zero-order valence-electron chi connectivity index (χ0n) is 9.10. The number of hydrogen-bond donors (Lipinski definition) is 1. The van der Waals surface area contributed by atoms with Gasteiger partial charge in [-0.15, -0.1) is 11.6 Å². The lowest BCUT2D eigenvalue weighted by Crippen LogP contribution is -2.29. The topological polar surface area (TPSA) is 42.2 Å². The quantitative estimate of drug-likeness (QED) is 0.847. The highest BCUT2D eigenvalue weighted by molar-refractivity contribution is 6.18. The first-order valence-corrected chi connectivity index (χ1v) is 5.78. The van der Waals surface area contributed by atoms with Crippen molar-refractivity contribution in [2.45, 2.75) is 6.04 Å². The van der Waals surface area contributed by atoms with Gasteiger partial charge >= 0.3 is 0 Å². The van der Waals surface area contributed by atoms with Gasteiger partial charge in [0.1, 0.15) is 6.26 Å². The monoisotopic (exact) mass is 249 g/mol. The molecule has 0 spiro atoms. The minimum absolute atomic E-state index is 0.187. The van der Waals surface area contributed by atoms with Gasteiger partial charge in [0, 0.05) is 5.88 Å². The molecular formula is C13H12ClNO2. The Morgan fingerprint density at radius 1 is 1.29 bits per heavy atom. The Hall–Kier alpha value is -1.74. The van der Waals surface area contributed by atoms with Crippen LogP contribution in [0.2, 0.25) is 0 Å². The molecular weight excluding hydrogens is 238 g/mol. The van der Waals surface area contributed by atoms with Crippen molar-refractivity contribution >= 4 is 17.5 Å². The summed E-state index contributed by atoms with van der Waals surface area (Å²) >= 11 is 5.87. The Kier molecular flexibility index (Phi) is 3.83. The molecule has 3 nitrogen and oxygen atoms in total. The largest absolute Gasteiger partial charge is 0.472 e. The lowest BCUT2D eigenvalue weighted by atomic mass is 10.1. The van der Waals surface area contributed by atoms with Crippen LogP contribution in [0.15, 0.2) is 53.3 Å². The maximum atomic E-state index is 11.8. The molecule has 17 heavy (non-hydrogen) atoms. The molecule has 1 atom stereocenters. The number of furan rings is 1. The molecule has 2 rings (SSSR count). The molecule has 0 fully saturated rings. The molecule has 1 heterocycles. The average molecular weight is 250 g/mol. The zero-order valence-corrected chi connectivity index (χ0v) is 9.85. The Balaban J connectivity index is 2.09. The summed E-state index contributed by atoms with van der Waals surface area (Å²) in [6.45, 7) is 0. The smallest absolute Gasteiger partial charge is 0.255 e. The number of benzene rings is 1. The fraction of sp³-hybridized carbons (Fsp3) is 0.154. The molecule has 0 aliphatic heterocycles. The zero-order chi connectivity index (χ0) is 12.1. The third kappa shape index (κ3) is 2.88. The first-order chi connectivity index (χ1) is 8.31. The number of carbonyl (C=O) groups is 1. The van der Waals surface area contributed by atoms with Gasteiger partial charge in [-0.2, -0.15) is 0 Å². The van der Waals surface area contributed by atoms with E-state index in [2.05, 4.69) is 5.32 Å². The molecule has 88 valence electrons. The van der Waals surface area contributed by atoms with Crippen LogP contribution in [0.4, 0.5) is 0 Å². The van der Waals surface area contributed by atoms with E-state index in [1.54, 1.807) is 6.07 Å². The van der Waals surface area contributed by atoms with E-state index in [1.165, 1.54) is 12.5 Å². The molecule has 0 saturated carbocycles. The van der Waals surface area contributed by atoms with E-state index in [9.17, 15) is 4.79 Å². The van der Waals surface area contributed by atoms with E-state index in [1.807, 2.05) is 30.3 Å². The van der Waals surface area contributed by atoms with E-state index in [-0.39, 0.29) is 11.9 Å². The van der Waals surface area contributed by atoms with E-state index in [0.717, 1.165) is 5.56 Å². The van der Waals surface area contributed by atoms with Crippen molar-refractivity contribution in [3.63, 3.8) is 0 Å². The van der Waals surface area contributed by atoms with Crippen LogP contribution in [-0.4, -0.2) is 11.8 Å². The summed E-state index contributed by atoms with van der Waals surface area (Å²) in [4.78, 5) is 11.8. The first kappa shape index (κ1) is 11.7. The van der Waals surface area contributed by atoms with Crippen molar-refractivity contribution < 1.29 is 9.21 Å². The van der Waals surface area contributed by atoms with Gasteiger partial charge in [0.15, 0.2) is 0 Å². The van der Waals surface area contributed by atoms with E-state index in [4.69, 9.17) is 16.0 Å². The van der Waals surface area contributed by atoms with Crippen molar-refractivity contribution in [2.75, 3.05) is 5.88 Å². The highest BCUT2D eigenvalue weighted by Gasteiger charge is 2.14. The van der Waals surface area contributed by atoms with E-state index >= 15 is 0 Å². The second-order valence-corrected chi connectivity index (χ2v) is 3.91. The summed E-state index contributed by atoms with van der Waals surface area (Å²) in [7, 11) is 0. The van der Waals surface area contributed by atoms with Gasteiger partial charge in [-0.05, 0) is 11.6 Å². The predicted molar refractivity (Wildman–Crippen MR) is 66.1 cm³/mol. The number of hydrogen-bond acceptors (Lipinski definition) is 2. The number of nitrogens with one attached hydrogen (secondary N) is 1. The third-order valence-corrected chi connectivity index (χ3v) is 2.75. The Morgan fingerprint density at radius 2 is 2.06 bits per heavy atom. The van der Waals surface area contributed by atoms with Gasteiger partial charge in [0.05, 0.1) is 17.9 Å². The molecule has 4 heteroatoms. The van der Waals surface area contributed by atoms with E-state index in [0.29, 0.717) is 11.4 Å². The van der Waals surface area contributed by atoms with Crippen molar-refractivity contribution in [3.05, 3.63) is 60.1 Å². The number of carbonyl (C=O) groups excluding carboxylic acids is 1. The molecule has 1 amide bonds. The SMILES string of the molecule is O=C(NC(CCl)c1ccccc1)c1ccoc1. The van der Waals surface area contributed by atoms with E-state index < -0.39 is 0 Å². The Bertz CT molecular complexity index is 467. The number of amides is 1. The van der Waals surface area contributed by atoms with Gasteiger partial charge in [0.2, 0.25) is 0 Å². The number of rotatable bonds is 4. The van der Waals surface area contributed by atoms with Crippen molar-refractivity contribution in [1.82, 2.24) is 5.32 Å². The van der Waals surface area contributed by atoms with Crippen LogP contribution < -0.4 is 5.32 Å². The van der Waals surface area contributed by atoms with Crippen LogP contribution in [0.1, 0.15) is 22.0 Å². The van der Waals surface area contributed by atoms with Crippen LogP contribution in [0.5, 0.6) is 0 Å². The summed E-state index contributed by atoms with van der Waals surface area (Å²) in [5, 5.41) is 2.85. The predicted octanol–water partition coefficient (Wildman–Crippen LogP) is 2.99. The second-order valence-electron chi connectivity index (χ2n) is 3.60. The van der Waals surface area contributed by atoms with Gasteiger partial charge in [-0.25, -0.2) is 0 Å². The summed E-state index contributed by atoms with van der Waals surface area (Å²) in [6, 6.07) is 11.0. The molecule has 1 unspecified atom stereocenters. The number of halogens is 1. The standard InChI is InChI=1S/C13H12ClNO2/c14-8-12(10-4-2-1-3-5-10)15-13(16)11-6-7-17-9-11/h1-7,9,12H,8H2,(H,15,16). The molecule has 2 aromatic rings. The lowest BCUT2D eigenvalue weighted by molar-refractivity contribution is 0.0939. The van der Waals surface area contributed by atoms with Crippen LogP contribution in [0.3, 0.4) is 0 Å². The molecule has 0 saturated heterocycles. The normalized spacial score (nSPS) is 12.1. The summed E-state index contributed by atoms with van der Waals surface area (Å²) < 4.78 is 4.86. The van der Waals surface area contributed by atoms with Crippen molar-refractivity contribution in [2.24, 2.45) is 0 Å². The van der Waals surface area contributed by atoms with Crippen LogP contribution >= 0.6 is 11.6 Å². The summed E-state index contributed by atoms with van der Waals surface area (Å²) in [5.74, 6) is 0.140. The fourth-order valence-electron chi connectivity index (χ4n) is 1.53. The van der Waals surface area contributed by atoms with Crippen LogP contribution in [-0.2, 0) is 0 Å².